The third-order valence-electron chi connectivity index (χ3n) is 8.25. The number of carbonyl (C=O) groups is 2. The van der Waals surface area contributed by atoms with E-state index < -0.39 is 32.5 Å². The smallest absolute Gasteiger partial charge is 0.462 e. The summed E-state index contributed by atoms with van der Waals surface area (Å²) in [6, 6.07) is 0. The van der Waals surface area contributed by atoms with Gasteiger partial charge in [0, 0.05) is 12.5 Å². The van der Waals surface area contributed by atoms with Crippen LogP contribution in [0, 0.1) is 0 Å². The minimum absolute atomic E-state index is 0.0145. The normalized spacial score (nSPS) is 14.1. The fourth-order valence-electron chi connectivity index (χ4n) is 5.08. The second kappa shape index (κ2) is 33.1. The molecular weight excluding hydrogens is 653 g/mol. The van der Waals surface area contributed by atoms with E-state index in [1.165, 1.54) is 83.1 Å². The monoisotopic (exact) mass is 729 g/mol. The van der Waals surface area contributed by atoms with E-state index in [0.29, 0.717) is 17.4 Å². The van der Waals surface area contributed by atoms with E-state index in [1.807, 2.05) is 33.3 Å². The highest BCUT2D eigenvalue weighted by atomic mass is 31.2. The number of esters is 2. The summed E-state index contributed by atoms with van der Waals surface area (Å²) < 4.78 is 33.9. The van der Waals surface area contributed by atoms with E-state index in [0.717, 1.165) is 51.4 Å². The molecule has 0 aromatic rings. The summed E-state index contributed by atoms with van der Waals surface area (Å²) in [7, 11) is 1.42. The second-order valence-electron chi connectivity index (χ2n) is 14.4. The van der Waals surface area contributed by atoms with Crippen molar-refractivity contribution in [2.45, 2.75) is 161 Å². The van der Waals surface area contributed by atoms with E-state index in [2.05, 4.69) is 26.0 Å². The number of carbonyl (C=O) groups excluding carboxylic acids is 2. The van der Waals surface area contributed by atoms with Crippen molar-refractivity contribution in [1.29, 1.82) is 0 Å². The van der Waals surface area contributed by atoms with Crippen molar-refractivity contribution in [2.24, 2.45) is 0 Å². The van der Waals surface area contributed by atoms with E-state index in [9.17, 15) is 19.0 Å². The Bertz CT molecular complexity index is 959. The van der Waals surface area contributed by atoms with Crippen LogP contribution in [0.1, 0.15) is 155 Å². The summed E-state index contributed by atoms with van der Waals surface area (Å²) in [4.78, 5) is 35.0. The predicted octanol–water partition coefficient (Wildman–Crippen LogP) is 10.6. The zero-order valence-corrected chi connectivity index (χ0v) is 33.5. The van der Waals surface area contributed by atoms with Crippen molar-refractivity contribution in [3.05, 3.63) is 36.5 Å². The van der Waals surface area contributed by atoms with Gasteiger partial charge in [-0.2, -0.15) is 0 Å². The molecule has 0 heterocycles. The lowest BCUT2D eigenvalue weighted by molar-refractivity contribution is -0.870. The lowest BCUT2D eigenvalue weighted by atomic mass is 10.1. The first kappa shape index (κ1) is 48.2. The summed E-state index contributed by atoms with van der Waals surface area (Å²) in [5.41, 5.74) is 0. The Labute approximate surface area is 306 Å². The Balaban J connectivity index is 4.55. The highest BCUT2D eigenvalue weighted by Gasteiger charge is 2.26. The lowest BCUT2D eigenvalue weighted by Gasteiger charge is -2.24. The van der Waals surface area contributed by atoms with Gasteiger partial charge in [-0.1, -0.05) is 141 Å². The molecule has 0 aromatic carbocycles. The second-order valence-corrected chi connectivity index (χ2v) is 15.8. The molecule has 0 saturated carbocycles. The summed E-state index contributed by atoms with van der Waals surface area (Å²) in [6.07, 6.45) is 35.4. The van der Waals surface area contributed by atoms with Crippen LogP contribution in [0.5, 0.6) is 0 Å². The zero-order chi connectivity index (χ0) is 37.2. The number of allylic oxidation sites excluding steroid dienone is 5. The Morgan fingerprint density at radius 3 is 1.76 bits per heavy atom. The Morgan fingerprint density at radius 1 is 0.660 bits per heavy atom. The zero-order valence-electron chi connectivity index (χ0n) is 32.6. The highest BCUT2D eigenvalue weighted by Crippen LogP contribution is 2.43. The van der Waals surface area contributed by atoms with Crippen molar-refractivity contribution in [3.63, 3.8) is 0 Å². The molecular formula is C40H75NO8P+. The van der Waals surface area contributed by atoms with E-state index in [-0.39, 0.29) is 19.6 Å². The number of rotatable bonds is 35. The minimum atomic E-state index is -4.39. The Kier molecular flexibility index (Phi) is 31.9. The standard InChI is InChI=1S/C40H74NO8P/c1-6-8-10-12-14-16-18-19-20-21-23-25-27-29-31-33-40(43)49-38(37-48-50(44,45)47-35-34-41(3,4)5)36-46-39(42)32-30-28-26-24-22-17-15-13-11-9-7-2/h13,15,27,29,31,33,38H,6-12,14,16-26,28,30,32,34-37H2,1-5H3/p+1/b15-13+,29-27+,33-31+/t38-/m1/s1. The van der Waals surface area contributed by atoms with E-state index in [4.69, 9.17) is 18.5 Å². The van der Waals surface area contributed by atoms with E-state index >= 15 is 0 Å². The van der Waals surface area contributed by atoms with Crippen LogP contribution in [0.15, 0.2) is 36.5 Å². The van der Waals surface area contributed by atoms with Gasteiger partial charge >= 0.3 is 19.8 Å². The molecule has 0 radical (unpaired) electrons. The molecule has 0 amide bonds. The summed E-state index contributed by atoms with van der Waals surface area (Å²) in [5, 5.41) is 0. The van der Waals surface area contributed by atoms with Crippen LogP contribution in [0.25, 0.3) is 0 Å². The van der Waals surface area contributed by atoms with Crippen molar-refractivity contribution >= 4 is 19.8 Å². The number of ether oxygens (including phenoxy) is 2. The molecule has 0 aromatic heterocycles. The molecule has 10 heteroatoms. The Hall–Kier alpha value is -1.77. The van der Waals surface area contributed by atoms with Gasteiger partial charge in [0.05, 0.1) is 27.7 Å². The van der Waals surface area contributed by atoms with Gasteiger partial charge in [-0.05, 0) is 38.5 Å². The SMILES string of the molecule is CCCC/C=C/CCCCCCCC(=O)OC[C@H](COP(=O)(O)OCC[N+](C)(C)C)OC(=O)/C=C/C=C/CCCCCCCCCCCCC. The van der Waals surface area contributed by atoms with Crippen LogP contribution in [0.3, 0.4) is 0 Å². The average molecular weight is 729 g/mol. The molecule has 2 atom stereocenters. The van der Waals surface area contributed by atoms with Gasteiger partial charge in [0.1, 0.15) is 19.8 Å². The van der Waals surface area contributed by atoms with Crippen LogP contribution < -0.4 is 0 Å². The molecule has 0 aliphatic carbocycles. The number of unbranched alkanes of at least 4 members (excludes halogenated alkanes) is 18. The molecule has 9 nitrogen and oxygen atoms in total. The lowest BCUT2D eigenvalue weighted by Crippen LogP contribution is -2.37. The molecule has 0 bridgehead atoms. The molecule has 50 heavy (non-hydrogen) atoms. The van der Waals surface area contributed by atoms with Gasteiger partial charge in [-0.25, -0.2) is 9.36 Å². The fourth-order valence-corrected chi connectivity index (χ4v) is 5.82. The van der Waals surface area contributed by atoms with Crippen molar-refractivity contribution in [3.8, 4) is 0 Å². The highest BCUT2D eigenvalue weighted by molar-refractivity contribution is 7.47. The molecule has 0 aliphatic heterocycles. The first-order valence-corrected chi connectivity index (χ1v) is 21.3. The summed E-state index contributed by atoms with van der Waals surface area (Å²) in [6.45, 7) is 4.23. The van der Waals surface area contributed by atoms with Crippen LogP contribution in [0.4, 0.5) is 0 Å². The van der Waals surface area contributed by atoms with Gasteiger partial charge < -0.3 is 18.9 Å². The maximum atomic E-state index is 12.5. The third-order valence-corrected chi connectivity index (χ3v) is 9.23. The molecule has 0 rings (SSSR count). The number of likely N-dealkylation sites (N-methyl/N-ethyl adjacent to an activating group) is 1. The molecule has 292 valence electrons. The van der Waals surface area contributed by atoms with Crippen LogP contribution in [-0.4, -0.2) is 74.9 Å². The topological polar surface area (TPSA) is 108 Å². The maximum absolute atomic E-state index is 12.5. The van der Waals surface area contributed by atoms with Crippen molar-refractivity contribution in [1.82, 2.24) is 0 Å². The number of hydrogen-bond acceptors (Lipinski definition) is 7. The van der Waals surface area contributed by atoms with Crippen LogP contribution >= 0.6 is 7.82 Å². The summed E-state index contributed by atoms with van der Waals surface area (Å²) >= 11 is 0. The average Bonchev–Trinajstić information content (AvgIpc) is 3.06. The van der Waals surface area contributed by atoms with Gasteiger partial charge in [0.2, 0.25) is 0 Å². The van der Waals surface area contributed by atoms with Crippen LogP contribution in [0.2, 0.25) is 0 Å². The molecule has 1 N–H and O–H groups in total. The van der Waals surface area contributed by atoms with Crippen molar-refractivity contribution in [2.75, 3.05) is 47.5 Å². The quantitative estimate of drug-likeness (QED) is 0.0131. The third kappa shape index (κ3) is 36.0. The number of nitrogens with zero attached hydrogens (tertiary/aromatic N) is 1. The minimum Gasteiger partial charge on any atom is -0.462 e. The molecule has 0 aliphatic rings. The first-order valence-electron chi connectivity index (χ1n) is 19.8. The maximum Gasteiger partial charge on any atom is 0.472 e. The largest absolute Gasteiger partial charge is 0.472 e. The Morgan fingerprint density at radius 2 is 1.18 bits per heavy atom. The summed E-state index contributed by atoms with van der Waals surface area (Å²) in [5.74, 6) is -1.06. The van der Waals surface area contributed by atoms with E-state index in [1.54, 1.807) is 6.08 Å². The van der Waals surface area contributed by atoms with Gasteiger partial charge in [0.25, 0.3) is 0 Å². The number of quaternary nitrogens is 1. The van der Waals surface area contributed by atoms with Gasteiger partial charge in [-0.15, -0.1) is 0 Å². The predicted molar refractivity (Wildman–Crippen MR) is 206 cm³/mol. The fraction of sp³-hybridized carbons (Fsp3) is 0.800. The van der Waals surface area contributed by atoms with Crippen LogP contribution in [-0.2, 0) is 32.7 Å². The van der Waals surface area contributed by atoms with Crippen molar-refractivity contribution < 1.29 is 42.1 Å². The van der Waals surface area contributed by atoms with Gasteiger partial charge in [-0.3, -0.25) is 13.8 Å². The number of phosphoric ester groups is 1. The first-order chi connectivity index (χ1) is 24.0. The molecule has 0 fully saturated rings. The molecule has 0 saturated heterocycles. The van der Waals surface area contributed by atoms with Gasteiger partial charge in [0.15, 0.2) is 6.10 Å². The molecule has 0 spiro atoms. The number of phosphoric acid groups is 1. The molecule has 1 unspecified atom stereocenters. The number of hydrogen-bond donors (Lipinski definition) is 1.